The fourth-order valence-corrected chi connectivity index (χ4v) is 4.00. The quantitative estimate of drug-likeness (QED) is 0.599. The molecule has 3 heterocycles. The zero-order valence-corrected chi connectivity index (χ0v) is 16.9. The lowest BCUT2D eigenvalue weighted by Crippen LogP contribution is -2.41. The zero-order chi connectivity index (χ0) is 21.8. The number of hydrogen-bond acceptors (Lipinski definition) is 7. The molecule has 0 spiro atoms. The summed E-state index contributed by atoms with van der Waals surface area (Å²) in [5.41, 5.74) is 1.54. The number of amides is 2. The standard InChI is InChI=1S/C20H17F2N5O3S/c21-19(22)30-14-3-1-12(2-4-14)11-27-15(5-6-16(27)28)17(29)24-20-26-25-18(31-20)13-7-9-23-10-8-13/h1-4,7-10,15,19H,5-6,11H2,(H,24,26,29). The molecule has 1 aliphatic heterocycles. The second kappa shape index (κ2) is 9.13. The van der Waals surface area contributed by atoms with Gasteiger partial charge in [-0.2, -0.15) is 8.78 Å². The molecule has 1 saturated heterocycles. The molecule has 1 fully saturated rings. The maximum atomic E-state index is 12.8. The normalized spacial score (nSPS) is 16.0. The van der Waals surface area contributed by atoms with Crippen LogP contribution in [0.1, 0.15) is 18.4 Å². The number of anilines is 1. The van der Waals surface area contributed by atoms with Gasteiger partial charge in [0.15, 0.2) is 0 Å². The van der Waals surface area contributed by atoms with Crippen LogP contribution in [0.3, 0.4) is 0 Å². The van der Waals surface area contributed by atoms with E-state index in [1.807, 2.05) is 0 Å². The Morgan fingerprint density at radius 1 is 1.19 bits per heavy atom. The highest BCUT2D eigenvalue weighted by molar-refractivity contribution is 7.18. The van der Waals surface area contributed by atoms with Crippen LogP contribution in [-0.2, 0) is 16.1 Å². The number of nitrogens with one attached hydrogen (secondary N) is 1. The van der Waals surface area contributed by atoms with Gasteiger partial charge in [0.1, 0.15) is 16.8 Å². The summed E-state index contributed by atoms with van der Waals surface area (Å²) in [4.78, 5) is 30.6. The van der Waals surface area contributed by atoms with Gasteiger partial charge in [-0.15, -0.1) is 10.2 Å². The number of pyridine rings is 1. The molecule has 11 heteroatoms. The predicted molar refractivity (Wildman–Crippen MR) is 108 cm³/mol. The van der Waals surface area contributed by atoms with E-state index in [-0.39, 0.29) is 30.5 Å². The fraction of sp³-hybridized carbons (Fsp3) is 0.250. The molecule has 31 heavy (non-hydrogen) atoms. The van der Waals surface area contributed by atoms with Gasteiger partial charge in [-0.3, -0.25) is 19.9 Å². The Kier molecular flexibility index (Phi) is 6.12. The molecule has 2 aromatic heterocycles. The highest BCUT2D eigenvalue weighted by atomic mass is 32.1. The van der Waals surface area contributed by atoms with Crippen molar-refractivity contribution in [1.82, 2.24) is 20.1 Å². The molecule has 2 amide bonds. The van der Waals surface area contributed by atoms with Crippen LogP contribution in [0.15, 0.2) is 48.8 Å². The smallest absolute Gasteiger partial charge is 0.387 e. The monoisotopic (exact) mass is 445 g/mol. The van der Waals surface area contributed by atoms with E-state index < -0.39 is 12.7 Å². The number of aromatic nitrogens is 3. The number of hydrogen-bond donors (Lipinski definition) is 1. The van der Waals surface area contributed by atoms with Crippen molar-refractivity contribution in [2.45, 2.75) is 32.0 Å². The lowest BCUT2D eigenvalue weighted by Gasteiger charge is -2.23. The summed E-state index contributed by atoms with van der Waals surface area (Å²) >= 11 is 1.22. The summed E-state index contributed by atoms with van der Waals surface area (Å²) in [7, 11) is 0. The van der Waals surface area contributed by atoms with Crippen molar-refractivity contribution in [3.8, 4) is 16.3 Å². The van der Waals surface area contributed by atoms with Crippen LogP contribution in [0.2, 0.25) is 0 Å². The van der Waals surface area contributed by atoms with Gasteiger partial charge in [0.2, 0.25) is 16.9 Å². The van der Waals surface area contributed by atoms with Gasteiger partial charge in [0.05, 0.1) is 0 Å². The number of benzene rings is 1. The van der Waals surface area contributed by atoms with E-state index in [0.29, 0.717) is 22.1 Å². The average molecular weight is 445 g/mol. The largest absolute Gasteiger partial charge is 0.435 e. The van der Waals surface area contributed by atoms with Crippen molar-refractivity contribution in [1.29, 1.82) is 0 Å². The van der Waals surface area contributed by atoms with Crippen molar-refractivity contribution in [3.05, 3.63) is 54.4 Å². The number of ether oxygens (including phenoxy) is 1. The van der Waals surface area contributed by atoms with Gasteiger partial charge in [-0.05, 0) is 36.2 Å². The minimum atomic E-state index is -2.90. The number of alkyl halides is 2. The molecule has 3 aromatic rings. The Morgan fingerprint density at radius 3 is 2.65 bits per heavy atom. The Morgan fingerprint density at radius 2 is 1.94 bits per heavy atom. The molecule has 1 N–H and O–H groups in total. The zero-order valence-electron chi connectivity index (χ0n) is 16.1. The molecule has 0 radical (unpaired) electrons. The van der Waals surface area contributed by atoms with Gasteiger partial charge >= 0.3 is 6.61 Å². The Hall–Kier alpha value is -3.47. The van der Waals surface area contributed by atoms with E-state index in [1.54, 1.807) is 36.7 Å². The van der Waals surface area contributed by atoms with Crippen LogP contribution in [0, 0.1) is 0 Å². The topological polar surface area (TPSA) is 97.3 Å². The summed E-state index contributed by atoms with van der Waals surface area (Å²) < 4.78 is 28.9. The van der Waals surface area contributed by atoms with Gasteiger partial charge in [-0.25, -0.2) is 0 Å². The maximum Gasteiger partial charge on any atom is 0.387 e. The van der Waals surface area contributed by atoms with Crippen LogP contribution < -0.4 is 10.1 Å². The van der Waals surface area contributed by atoms with Gasteiger partial charge < -0.3 is 9.64 Å². The van der Waals surface area contributed by atoms with Crippen molar-refractivity contribution >= 4 is 28.3 Å². The first-order valence-electron chi connectivity index (χ1n) is 9.37. The summed E-state index contributed by atoms with van der Waals surface area (Å²) in [6.07, 6.45) is 3.92. The Bertz CT molecular complexity index is 1060. The van der Waals surface area contributed by atoms with E-state index in [9.17, 15) is 18.4 Å². The molecule has 160 valence electrons. The summed E-state index contributed by atoms with van der Waals surface area (Å²) in [6.45, 7) is -2.72. The van der Waals surface area contributed by atoms with E-state index in [4.69, 9.17) is 0 Å². The molecule has 1 unspecified atom stereocenters. The molecule has 8 nitrogen and oxygen atoms in total. The van der Waals surface area contributed by atoms with Crippen LogP contribution in [0.5, 0.6) is 5.75 Å². The first-order valence-corrected chi connectivity index (χ1v) is 10.2. The fourth-order valence-electron chi connectivity index (χ4n) is 3.25. The van der Waals surface area contributed by atoms with Crippen LogP contribution in [-0.4, -0.2) is 44.5 Å². The first kappa shape index (κ1) is 20.8. The molecule has 4 rings (SSSR count). The minimum Gasteiger partial charge on any atom is -0.435 e. The molecule has 0 saturated carbocycles. The maximum absolute atomic E-state index is 12.8. The van der Waals surface area contributed by atoms with E-state index in [1.165, 1.54) is 28.4 Å². The van der Waals surface area contributed by atoms with Crippen molar-refractivity contribution in [3.63, 3.8) is 0 Å². The summed E-state index contributed by atoms with van der Waals surface area (Å²) in [6, 6.07) is 8.91. The molecular formula is C20H17F2N5O3S. The molecule has 0 bridgehead atoms. The first-order chi connectivity index (χ1) is 15.0. The van der Waals surface area contributed by atoms with Crippen molar-refractivity contribution in [2.24, 2.45) is 0 Å². The highest BCUT2D eigenvalue weighted by Gasteiger charge is 2.36. The summed E-state index contributed by atoms with van der Waals surface area (Å²) in [5, 5.41) is 11.8. The molecule has 1 aromatic carbocycles. The third kappa shape index (κ3) is 5.00. The van der Waals surface area contributed by atoms with E-state index in [2.05, 4.69) is 25.2 Å². The van der Waals surface area contributed by atoms with Crippen LogP contribution in [0.25, 0.3) is 10.6 Å². The highest BCUT2D eigenvalue weighted by Crippen LogP contribution is 2.28. The van der Waals surface area contributed by atoms with Gasteiger partial charge in [-0.1, -0.05) is 23.5 Å². The molecule has 1 atom stereocenters. The number of carbonyl (C=O) groups excluding carboxylic acids is 2. The second-order valence-corrected chi connectivity index (χ2v) is 7.71. The number of nitrogens with zero attached hydrogens (tertiary/aromatic N) is 4. The Balaban J connectivity index is 1.41. The third-order valence-electron chi connectivity index (χ3n) is 4.71. The van der Waals surface area contributed by atoms with Gasteiger partial charge in [0, 0.05) is 30.9 Å². The van der Waals surface area contributed by atoms with Gasteiger partial charge in [0.25, 0.3) is 0 Å². The Labute approximate surface area is 179 Å². The van der Waals surface area contributed by atoms with E-state index in [0.717, 1.165) is 5.56 Å². The number of carbonyl (C=O) groups is 2. The molecule has 0 aliphatic carbocycles. The predicted octanol–water partition coefficient (Wildman–Crippen LogP) is 3.33. The van der Waals surface area contributed by atoms with Crippen molar-refractivity contribution < 1.29 is 23.1 Å². The average Bonchev–Trinajstić information content (AvgIpc) is 3.37. The lowest BCUT2D eigenvalue weighted by molar-refractivity contribution is -0.133. The number of rotatable bonds is 7. The lowest BCUT2D eigenvalue weighted by atomic mass is 10.1. The number of halogens is 2. The SMILES string of the molecule is O=C(Nc1nnc(-c2ccncc2)s1)C1CCC(=O)N1Cc1ccc(OC(F)F)cc1. The second-order valence-electron chi connectivity index (χ2n) is 6.74. The molecular weight excluding hydrogens is 428 g/mol. The van der Waals surface area contributed by atoms with Crippen LogP contribution in [0.4, 0.5) is 13.9 Å². The van der Waals surface area contributed by atoms with Crippen molar-refractivity contribution in [2.75, 3.05) is 5.32 Å². The minimum absolute atomic E-state index is 0.0297. The van der Waals surface area contributed by atoms with E-state index >= 15 is 0 Å². The summed E-state index contributed by atoms with van der Waals surface area (Å²) in [5.74, 6) is -0.467. The van der Waals surface area contributed by atoms with Crippen LogP contribution >= 0.6 is 11.3 Å². The molecule has 1 aliphatic rings. The third-order valence-corrected chi connectivity index (χ3v) is 5.60. The number of likely N-dealkylation sites (tertiary alicyclic amines) is 1.